The van der Waals surface area contributed by atoms with Gasteiger partial charge in [0.05, 0.1) is 24.0 Å². The number of nitrogens with one attached hydrogen (secondary N) is 1. The predicted octanol–water partition coefficient (Wildman–Crippen LogP) is 3.15. The molecule has 2 aliphatic carbocycles. The van der Waals surface area contributed by atoms with Gasteiger partial charge in [0.2, 0.25) is 0 Å². The van der Waals surface area contributed by atoms with Crippen LogP contribution in [0.2, 0.25) is 0 Å². The van der Waals surface area contributed by atoms with Gasteiger partial charge in [0.25, 0.3) is 5.91 Å². The van der Waals surface area contributed by atoms with Gasteiger partial charge in [-0.05, 0) is 35.1 Å². The van der Waals surface area contributed by atoms with Crippen molar-refractivity contribution < 1.29 is 24.2 Å². The van der Waals surface area contributed by atoms with Crippen molar-refractivity contribution in [2.24, 2.45) is 7.05 Å². The van der Waals surface area contributed by atoms with Crippen molar-refractivity contribution in [1.82, 2.24) is 20.0 Å². The average Bonchev–Trinajstić information content (AvgIpc) is 3.52. The molecule has 2 amide bonds. The van der Waals surface area contributed by atoms with Gasteiger partial charge in [-0.15, -0.1) is 0 Å². The molecule has 0 saturated heterocycles. The fraction of sp³-hybridized carbons (Fsp3) is 0.308. The first-order valence-corrected chi connectivity index (χ1v) is 11.4. The van der Waals surface area contributed by atoms with Crippen molar-refractivity contribution in [3.05, 3.63) is 77.1 Å². The summed E-state index contributed by atoms with van der Waals surface area (Å²) in [5.74, 6) is -1.51. The SMILES string of the molecule is CN(C(=O)c1cnn(C)c1CNC(=O)OCC1c2ccccc2-c2ccccc21)C1(C(=O)O)CC1. The Labute approximate surface area is 202 Å². The second-order valence-electron chi connectivity index (χ2n) is 9.01. The Morgan fingerprint density at radius 3 is 2.29 bits per heavy atom. The molecule has 2 N–H and O–H groups in total. The molecule has 0 unspecified atom stereocenters. The van der Waals surface area contributed by atoms with Crippen LogP contribution in [0.4, 0.5) is 4.79 Å². The molecule has 180 valence electrons. The highest BCUT2D eigenvalue weighted by molar-refractivity contribution is 5.99. The molecule has 2 aromatic carbocycles. The Morgan fingerprint density at radius 2 is 1.71 bits per heavy atom. The summed E-state index contributed by atoms with van der Waals surface area (Å²) in [5, 5.41) is 16.3. The summed E-state index contributed by atoms with van der Waals surface area (Å²) in [4.78, 5) is 38.4. The number of hydrogen-bond donors (Lipinski definition) is 2. The Bertz CT molecular complexity index is 1280. The van der Waals surface area contributed by atoms with Crippen LogP contribution in [0.1, 0.15) is 45.9 Å². The molecule has 35 heavy (non-hydrogen) atoms. The highest BCUT2D eigenvalue weighted by atomic mass is 16.5. The molecular formula is C26H26N4O5. The minimum atomic E-state index is -1.16. The fourth-order valence-electron chi connectivity index (χ4n) is 4.84. The Hall–Kier alpha value is -4.14. The maximum absolute atomic E-state index is 13.0. The highest BCUT2D eigenvalue weighted by Gasteiger charge is 2.56. The molecule has 0 spiro atoms. The number of carboxylic acid groups (broad SMARTS) is 1. The first-order valence-electron chi connectivity index (χ1n) is 11.4. The average molecular weight is 475 g/mol. The molecule has 0 radical (unpaired) electrons. The number of nitrogens with zero attached hydrogens (tertiary/aromatic N) is 3. The minimum absolute atomic E-state index is 0.0160. The Kier molecular flexibility index (Phi) is 5.55. The number of benzene rings is 2. The van der Waals surface area contributed by atoms with Crippen LogP contribution in [0.25, 0.3) is 11.1 Å². The summed E-state index contributed by atoms with van der Waals surface area (Å²) in [7, 11) is 3.15. The molecule has 1 aromatic heterocycles. The van der Waals surface area contributed by atoms with E-state index >= 15 is 0 Å². The van der Waals surface area contributed by atoms with Crippen LogP contribution in [0, 0.1) is 0 Å². The lowest BCUT2D eigenvalue weighted by Gasteiger charge is -2.24. The number of ether oxygens (including phenoxy) is 1. The summed E-state index contributed by atoms with van der Waals surface area (Å²) in [5.41, 5.74) is 4.10. The van der Waals surface area contributed by atoms with E-state index in [1.54, 1.807) is 7.05 Å². The zero-order valence-corrected chi connectivity index (χ0v) is 19.5. The maximum atomic E-state index is 13.0. The zero-order chi connectivity index (χ0) is 24.7. The molecule has 9 nitrogen and oxygen atoms in total. The monoisotopic (exact) mass is 474 g/mol. The molecule has 0 aliphatic heterocycles. The zero-order valence-electron chi connectivity index (χ0n) is 19.5. The third-order valence-corrected chi connectivity index (χ3v) is 7.10. The number of fused-ring (bicyclic) bond motifs is 3. The van der Waals surface area contributed by atoms with Crippen molar-refractivity contribution >= 4 is 18.0 Å². The van der Waals surface area contributed by atoms with E-state index in [0.29, 0.717) is 18.5 Å². The van der Waals surface area contributed by atoms with E-state index in [9.17, 15) is 19.5 Å². The van der Waals surface area contributed by atoms with Crippen LogP contribution in [0.15, 0.2) is 54.7 Å². The van der Waals surface area contributed by atoms with Crippen LogP contribution in [0.5, 0.6) is 0 Å². The molecular weight excluding hydrogens is 448 g/mol. The molecule has 5 rings (SSSR count). The standard InChI is InChI=1S/C26H26N4O5/c1-29(26(11-12-26)24(32)33)23(31)20-13-28-30(2)22(20)14-27-25(34)35-15-21-18-9-5-3-7-16(18)17-8-4-6-10-19(17)21/h3-10,13,21H,11-12,14-15H2,1-2H3,(H,27,34)(H,32,33). The second kappa shape index (κ2) is 8.57. The lowest BCUT2D eigenvalue weighted by Crippen LogP contribution is -2.45. The smallest absolute Gasteiger partial charge is 0.407 e. The second-order valence-corrected chi connectivity index (χ2v) is 9.01. The van der Waals surface area contributed by atoms with Crippen LogP contribution >= 0.6 is 0 Å². The van der Waals surface area contributed by atoms with Gasteiger partial charge in [0, 0.05) is 20.0 Å². The number of carbonyl (C=O) groups is 3. The lowest BCUT2D eigenvalue weighted by atomic mass is 9.98. The van der Waals surface area contributed by atoms with Crippen molar-refractivity contribution in [3.8, 4) is 11.1 Å². The molecule has 9 heteroatoms. The van der Waals surface area contributed by atoms with Crippen LogP contribution < -0.4 is 5.32 Å². The van der Waals surface area contributed by atoms with E-state index in [-0.39, 0.29) is 24.6 Å². The number of rotatable bonds is 7. The number of aliphatic carboxylic acids is 1. The number of likely N-dealkylation sites (N-methyl/N-ethyl adjacent to an activating group) is 1. The van der Waals surface area contributed by atoms with Crippen LogP contribution in [-0.4, -0.2) is 57.0 Å². The van der Waals surface area contributed by atoms with Crippen molar-refractivity contribution in [2.75, 3.05) is 13.7 Å². The van der Waals surface area contributed by atoms with Crippen molar-refractivity contribution in [2.45, 2.75) is 30.8 Å². The third-order valence-electron chi connectivity index (χ3n) is 7.10. The van der Waals surface area contributed by atoms with E-state index < -0.39 is 23.5 Å². The number of carbonyl (C=O) groups excluding carboxylic acids is 2. The van der Waals surface area contributed by atoms with E-state index in [1.165, 1.54) is 22.8 Å². The minimum Gasteiger partial charge on any atom is -0.479 e. The normalized spacial score (nSPS) is 15.1. The van der Waals surface area contributed by atoms with E-state index in [1.807, 2.05) is 24.3 Å². The first kappa shape index (κ1) is 22.6. The molecule has 0 bridgehead atoms. The van der Waals surface area contributed by atoms with Crippen molar-refractivity contribution in [3.63, 3.8) is 0 Å². The molecule has 3 aromatic rings. The summed E-state index contributed by atoms with van der Waals surface area (Å²) in [6.45, 7) is 0.197. The summed E-state index contributed by atoms with van der Waals surface area (Å²) >= 11 is 0. The van der Waals surface area contributed by atoms with Gasteiger partial charge in [-0.1, -0.05) is 48.5 Å². The Balaban J connectivity index is 1.24. The number of amides is 2. The first-order chi connectivity index (χ1) is 16.8. The van der Waals surface area contributed by atoms with E-state index in [2.05, 4.69) is 34.7 Å². The van der Waals surface area contributed by atoms with Gasteiger partial charge < -0.3 is 20.1 Å². The lowest BCUT2D eigenvalue weighted by molar-refractivity contribution is -0.143. The number of alkyl carbamates (subject to hydrolysis) is 1. The topological polar surface area (TPSA) is 114 Å². The maximum Gasteiger partial charge on any atom is 0.407 e. The van der Waals surface area contributed by atoms with Gasteiger partial charge in [-0.2, -0.15) is 5.10 Å². The summed E-state index contributed by atoms with van der Waals surface area (Å²) in [6, 6.07) is 16.2. The molecule has 2 aliphatic rings. The van der Waals surface area contributed by atoms with Gasteiger partial charge >= 0.3 is 12.1 Å². The van der Waals surface area contributed by atoms with Crippen LogP contribution in [0.3, 0.4) is 0 Å². The fourth-order valence-corrected chi connectivity index (χ4v) is 4.84. The summed E-state index contributed by atoms with van der Waals surface area (Å²) in [6.07, 6.45) is 1.62. The quantitative estimate of drug-likeness (QED) is 0.544. The number of aryl methyl sites for hydroxylation is 1. The van der Waals surface area contributed by atoms with Crippen LogP contribution in [-0.2, 0) is 23.1 Å². The number of carboxylic acids is 1. The largest absolute Gasteiger partial charge is 0.479 e. The van der Waals surface area contributed by atoms with Gasteiger partial charge in [-0.3, -0.25) is 9.48 Å². The molecule has 1 saturated carbocycles. The van der Waals surface area contributed by atoms with Gasteiger partial charge in [-0.25, -0.2) is 9.59 Å². The molecule has 0 atom stereocenters. The van der Waals surface area contributed by atoms with E-state index in [4.69, 9.17) is 4.74 Å². The highest BCUT2D eigenvalue weighted by Crippen LogP contribution is 2.44. The van der Waals surface area contributed by atoms with E-state index in [0.717, 1.165) is 22.3 Å². The van der Waals surface area contributed by atoms with Gasteiger partial charge in [0.15, 0.2) is 0 Å². The third kappa shape index (κ3) is 3.82. The Morgan fingerprint density at radius 1 is 1.11 bits per heavy atom. The molecule has 1 fully saturated rings. The predicted molar refractivity (Wildman–Crippen MR) is 127 cm³/mol. The van der Waals surface area contributed by atoms with Crippen molar-refractivity contribution in [1.29, 1.82) is 0 Å². The summed E-state index contributed by atoms with van der Waals surface area (Å²) < 4.78 is 7.06. The number of aromatic nitrogens is 2. The number of hydrogen-bond acceptors (Lipinski definition) is 5. The molecule has 1 heterocycles. The van der Waals surface area contributed by atoms with Gasteiger partial charge in [0.1, 0.15) is 12.1 Å².